The van der Waals surface area contributed by atoms with Gasteiger partial charge in [-0.05, 0) is 108 Å². The van der Waals surface area contributed by atoms with E-state index in [9.17, 15) is 19.6 Å². The number of amides is 3. The summed E-state index contributed by atoms with van der Waals surface area (Å²) in [6.45, 7) is 11.9. The van der Waals surface area contributed by atoms with E-state index in [1.165, 1.54) is 0 Å². The topological polar surface area (TPSA) is 169 Å². The van der Waals surface area contributed by atoms with Gasteiger partial charge < -0.3 is 20.9 Å². The molecule has 1 unspecified atom stereocenters. The van der Waals surface area contributed by atoms with Crippen LogP contribution in [-0.2, 0) is 23.1 Å². The van der Waals surface area contributed by atoms with Gasteiger partial charge in [0.25, 0.3) is 11.8 Å². The third-order valence-corrected chi connectivity index (χ3v) is 9.52. The Morgan fingerprint density at radius 3 is 2.11 bits per heavy atom. The molecule has 1 saturated heterocycles. The number of nitrogens with zero attached hydrogens (tertiary/aromatic N) is 5. The molecule has 2 heterocycles. The molecule has 0 radical (unpaired) electrons. The number of carbonyl (C=O) groups excluding carboxylic acids is 3. The second-order valence-electron chi connectivity index (χ2n) is 13.5. The van der Waals surface area contributed by atoms with E-state index in [0.29, 0.717) is 62.3 Å². The van der Waals surface area contributed by atoms with E-state index in [4.69, 9.17) is 0 Å². The molecule has 1 fully saturated rings. The van der Waals surface area contributed by atoms with E-state index >= 15 is 0 Å². The van der Waals surface area contributed by atoms with Gasteiger partial charge in [-0.2, -0.15) is 5.26 Å². The fourth-order valence-corrected chi connectivity index (χ4v) is 7.07. The maximum atomic E-state index is 13.4. The maximum Gasteiger partial charge on any atom is 0.251 e. The van der Waals surface area contributed by atoms with Crippen molar-refractivity contribution in [2.45, 2.75) is 84.2 Å². The highest BCUT2D eigenvalue weighted by atomic mass is 16.2. The summed E-state index contributed by atoms with van der Waals surface area (Å²) in [5.74, 6) is 0.143. The van der Waals surface area contributed by atoms with Crippen LogP contribution in [0, 0.1) is 16.7 Å². The summed E-state index contributed by atoms with van der Waals surface area (Å²) < 4.78 is 0. The first-order valence-corrected chi connectivity index (χ1v) is 16.5. The number of carbonyl (C=O) groups is 3. The third kappa shape index (κ3) is 6.76. The molecular weight excluding hydrogens is 594 g/mol. The number of aromatic amines is 1. The zero-order chi connectivity index (χ0) is 33.8. The Balaban J connectivity index is 1.66. The highest BCUT2D eigenvalue weighted by Crippen LogP contribution is 2.48. The minimum absolute atomic E-state index is 0.0802. The number of rotatable bonds is 10. The lowest BCUT2D eigenvalue weighted by atomic mass is 9.64. The average molecular weight is 640 g/mol. The van der Waals surface area contributed by atoms with Crippen LogP contribution in [0.5, 0.6) is 0 Å². The van der Waals surface area contributed by atoms with Gasteiger partial charge in [0.05, 0.1) is 18.0 Å². The molecule has 2 aliphatic rings. The molecule has 1 aromatic heterocycles. The number of benzene rings is 2. The van der Waals surface area contributed by atoms with E-state index in [-0.39, 0.29) is 35.7 Å². The molecule has 0 bridgehead atoms. The number of fused-ring (bicyclic) bond motifs is 2. The number of nitriles is 1. The second kappa shape index (κ2) is 14.0. The van der Waals surface area contributed by atoms with Crippen molar-refractivity contribution in [1.29, 1.82) is 5.26 Å². The van der Waals surface area contributed by atoms with Crippen LogP contribution in [0.2, 0.25) is 0 Å². The van der Waals surface area contributed by atoms with Gasteiger partial charge in [-0.3, -0.25) is 14.4 Å². The summed E-state index contributed by atoms with van der Waals surface area (Å²) in [6, 6.07) is 13.2. The highest BCUT2D eigenvalue weighted by Gasteiger charge is 2.47. The molecule has 0 saturated carbocycles. The predicted octanol–water partition coefficient (Wildman–Crippen LogP) is 3.04. The lowest BCUT2D eigenvalue weighted by Crippen LogP contribution is -2.51. The number of tetrazole rings is 1. The van der Waals surface area contributed by atoms with Gasteiger partial charge in [-0.1, -0.05) is 32.9 Å². The molecule has 1 aliphatic heterocycles. The molecule has 4 N–H and O–H groups in total. The van der Waals surface area contributed by atoms with Crippen molar-refractivity contribution in [3.63, 3.8) is 0 Å². The summed E-state index contributed by atoms with van der Waals surface area (Å²) in [5, 5.41) is 34.6. The van der Waals surface area contributed by atoms with Crippen LogP contribution >= 0.6 is 0 Å². The van der Waals surface area contributed by atoms with Crippen molar-refractivity contribution in [3.8, 4) is 6.07 Å². The molecular formula is C35H45N9O3. The van der Waals surface area contributed by atoms with Crippen LogP contribution in [0.4, 0.5) is 0 Å². The van der Waals surface area contributed by atoms with Crippen molar-refractivity contribution < 1.29 is 14.4 Å². The Morgan fingerprint density at radius 2 is 1.62 bits per heavy atom. The molecule has 0 spiro atoms. The number of hydrogen-bond acceptors (Lipinski definition) is 8. The van der Waals surface area contributed by atoms with Gasteiger partial charge in [0.15, 0.2) is 5.82 Å². The van der Waals surface area contributed by atoms with Crippen LogP contribution in [-0.4, -0.2) is 81.5 Å². The standard InChI is InChI=1S/C35H45N9O3/c1-6-37-31(46)24-12-14-27-22(17-24)10-11-23-18-25(32(47)38-7-2)13-15-28(23)35(27,33-40-42-43-41-33)19-29(34(3,4)5)39-21-30(45)44-16-8-9-26(44)20-36/h12-15,17-18,26,29,39H,6-11,16,19,21H2,1-5H3,(H,37,46)(H,38,47)(H,40,41,42,43)/t26?,29-/m0/s1. The van der Waals surface area contributed by atoms with Crippen LogP contribution in [0.15, 0.2) is 36.4 Å². The molecule has 2 atom stereocenters. The van der Waals surface area contributed by atoms with Crippen molar-refractivity contribution in [3.05, 3.63) is 75.6 Å². The lowest BCUT2D eigenvalue weighted by molar-refractivity contribution is -0.130. The van der Waals surface area contributed by atoms with E-state index in [2.05, 4.69) is 63.4 Å². The summed E-state index contributed by atoms with van der Waals surface area (Å²) >= 11 is 0. The van der Waals surface area contributed by atoms with Gasteiger partial charge in [0, 0.05) is 36.8 Å². The monoisotopic (exact) mass is 639 g/mol. The van der Waals surface area contributed by atoms with Crippen LogP contribution in [0.1, 0.15) is 103 Å². The van der Waals surface area contributed by atoms with Crippen molar-refractivity contribution in [2.75, 3.05) is 26.2 Å². The molecule has 5 rings (SSSR count). The molecule has 47 heavy (non-hydrogen) atoms. The van der Waals surface area contributed by atoms with Gasteiger partial charge in [0.2, 0.25) is 5.91 Å². The van der Waals surface area contributed by atoms with Gasteiger partial charge in [-0.15, -0.1) is 5.10 Å². The van der Waals surface area contributed by atoms with Crippen molar-refractivity contribution >= 4 is 17.7 Å². The zero-order valence-corrected chi connectivity index (χ0v) is 27.9. The largest absolute Gasteiger partial charge is 0.352 e. The van der Waals surface area contributed by atoms with E-state index in [1.54, 1.807) is 4.90 Å². The first-order chi connectivity index (χ1) is 22.5. The molecule has 3 amide bonds. The summed E-state index contributed by atoms with van der Waals surface area (Å²) in [5.41, 5.74) is 3.77. The fraction of sp³-hybridized carbons (Fsp3) is 0.514. The molecule has 12 nitrogen and oxygen atoms in total. The number of aromatic nitrogens is 4. The van der Waals surface area contributed by atoms with Crippen LogP contribution in [0.25, 0.3) is 0 Å². The lowest BCUT2D eigenvalue weighted by Gasteiger charge is -2.42. The van der Waals surface area contributed by atoms with E-state index in [0.717, 1.165) is 28.7 Å². The van der Waals surface area contributed by atoms with Crippen molar-refractivity contribution in [1.82, 2.24) is 41.5 Å². The van der Waals surface area contributed by atoms with E-state index in [1.807, 2.05) is 50.2 Å². The smallest absolute Gasteiger partial charge is 0.251 e. The van der Waals surface area contributed by atoms with Crippen LogP contribution < -0.4 is 16.0 Å². The first-order valence-electron chi connectivity index (χ1n) is 16.5. The third-order valence-electron chi connectivity index (χ3n) is 9.52. The number of nitrogens with one attached hydrogen (secondary N) is 4. The molecule has 248 valence electrons. The zero-order valence-electron chi connectivity index (χ0n) is 27.9. The summed E-state index contributed by atoms with van der Waals surface area (Å²) in [6.07, 6.45) is 3.24. The normalized spacial score (nSPS) is 17.5. The summed E-state index contributed by atoms with van der Waals surface area (Å²) in [7, 11) is 0. The van der Waals surface area contributed by atoms with Gasteiger partial charge in [-0.25, -0.2) is 5.10 Å². The Labute approximate surface area is 276 Å². The highest BCUT2D eigenvalue weighted by molar-refractivity contribution is 5.95. The SMILES string of the molecule is CCNC(=O)c1ccc2c(c1)CCc1cc(C(=O)NCC)ccc1C2(C[C@H](NCC(=O)N1CCCC1C#N)C(C)(C)C)c1nnn[nH]1. The Morgan fingerprint density at radius 1 is 1.02 bits per heavy atom. The fourth-order valence-electron chi connectivity index (χ4n) is 7.07. The van der Waals surface area contributed by atoms with Crippen LogP contribution in [0.3, 0.4) is 0 Å². The Bertz CT molecular complexity index is 1590. The molecule has 3 aromatic rings. The van der Waals surface area contributed by atoms with Gasteiger partial charge >= 0.3 is 0 Å². The Kier molecular flexibility index (Phi) is 10.1. The Hall–Kier alpha value is -4.63. The minimum Gasteiger partial charge on any atom is -0.352 e. The quantitative estimate of drug-likeness (QED) is 0.262. The molecule has 1 aliphatic carbocycles. The van der Waals surface area contributed by atoms with Crippen molar-refractivity contribution in [2.24, 2.45) is 5.41 Å². The average Bonchev–Trinajstić information content (AvgIpc) is 3.75. The number of aryl methyl sites for hydroxylation is 2. The predicted molar refractivity (Wildman–Crippen MR) is 177 cm³/mol. The summed E-state index contributed by atoms with van der Waals surface area (Å²) in [4.78, 5) is 41.0. The second-order valence-corrected chi connectivity index (χ2v) is 13.5. The number of H-pyrrole nitrogens is 1. The number of hydrogen-bond donors (Lipinski definition) is 4. The maximum absolute atomic E-state index is 13.4. The first kappa shape index (κ1) is 33.7. The molecule has 12 heteroatoms. The van der Waals surface area contributed by atoms with Gasteiger partial charge in [0.1, 0.15) is 6.04 Å². The number of likely N-dealkylation sites (tertiary alicyclic amines) is 1. The molecule has 2 aromatic carbocycles. The minimum atomic E-state index is -0.930. The van der Waals surface area contributed by atoms with E-state index < -0.39 is 11.5 Å².